The lowest BCUT2D eigenvalue weighted by atomic mass is 10.1. The van der Waals surface area contributed by atoms with Crippen LogP contribution in [0.2, 0.25) is 10.0 Å². The zero-order chi connectivity index (χ0) is 18.5. The molecule has 3 rings (SSSR count). The Morgan fingerprint density at radius 3 is 2.62 bits per heavy atom. The molecule has 134 valence electrons. The molecule has 0 atom stereocenters. The van der Waals surface area contributed by atoms with Crippen LogP contribution in [0, 0.1) is 5.82 Å². The molecule has 0 aliphatic heterocycles. The number of anilines is 2. The van der Waals surface area contributed by atoms with E-state index in [4.69, 9.17) is 23.2 Å². The third kappa shape index (κ3) is 4.45. The number of hydrogen-bond acceptors (Lipinski definition) is 3. The van der Waals surface area contributed by atoms with E-state index in [0.29, 0.717) is 16.6 Å². The molecule has 0 aliphatic rings. The predicted octanol–water partition coefficient (Wildman–Crippen LogP) is 6.24. The average Bonchev–Trinajstić information content (AvgIpc) is 2.63. The van der Waals surface area contributed by atoms with E-state index in [1.54, 1.807) is 12.3 Å². The van der Waals surface area contributed by atoms with Gasteiger partial charge in [-0.1, -0.05) is 41.4 Å². The molecule has 0 unspecified atom stereocenters. The van der Waals surface area contributed by atoms with E-state index in [9.17, 15) is 4.39 Å². The van der Waals surface area contributed by atoms with Crippen LogP contribution in [0.5, 0.6) is 0 Å². The highest BCUT2D eigenvalue weighted by Crippen LogP contribution is 2.34. The van der Waals surface area contributed by atoms with Gasteiger partial charge >= 0.3 is 0 Å². The molecule has 0 saturated carbocycles. The topological polar surface area (TPSA) is 37.0 Å². The summed E-state index contributed by atoms with van der Waals surface area (Å²) in [6, 6.07) is 14.0. The highest BCUT2D eigenvalue weighted by Gasteiger charge is 2.09. The molecular formula is C20H18Cl2FN3. The number of hydrogen-bond donors (Lipinski definition) is 2. The predicted molar refractivity (Wildman–Crippen MR) is 108 cm³/mol. The molecule has 0 amide bonds. The van der Waals surface area contributed by atoms with E-state index < -0.39 is 0 Å². The van der Waals surface area contributed by atoms with Gasteiger partial charge in [0, 0.05) is 24.8 Å². The van der Waals surface area contributed by atoms with Crippen molar-refractivity contribution >= 4 is 34.7 Å². The minimum absolute atomic E-state index is 0.260. The molecule has 6 heteroatoms. The van der Waals surface area contributed by atoms with Crippen molar-refractivity contribution in [1.82, 2.24) is 4.98 Å². The number of nitrogens with one attached hydrogen (secondary N) is 2. The van der Waals surface area contributed by atoms with Crippen LogP contribution in [0.15, 0.2) is 54.7 Å². The third-order valence-electron chi connectivity index (χ3n) is 3.86. The maximum Gasteiger partial charge on any atom is 0.126 e. The SMILES string of the molecule is CCNc1cc(-c2ccc(Cl)c(NCc3cccc(F)c3)c2)c(Cl)cn1. The number of benzene rings is 2. The van der Waals surface area contributed by atoms with Gasteiger partial charge in [0.05, 0.1) is 15.7 Å². The second-order valence-corrected chi connectivity index (χ2v) is 6.57. The Morgan fingerprint density at radius 1 is 1.00 bits per heavy atom. The van der Waals surface area contributed by atoms with Crippen LogP contribution < -0.4 is 10.6 Å². The number of aromatic nitrogens is 1. The van der Waals surface area contributed by atoms with Gasteiger partial charge in [-0.05, 0) is 48.4 Å². The van der Waals surface area contributed by atoms with Crippen molar-refractivity contribution in [2.75, 3.05) is 17.2 Å². The van der Waals surface area contributed by atoms with E-state index in [-0.39, 0.29) is 5.82 Å². The summed E-state index contributed by atoms with van der Waals surface area (Å²) >= 11 is 12.6. The van der Waals surface area contributed by atoms with Crippen LogP contribution in [0.4, 0.5) is 15.9 Å². The van der Waals surface area contributed by atoms with Crippen molar-refractivity contribution in [3.05, 3.63) is 76.2 Å². The monoisotopic (exact) mass is 389 g/mol. The van der Waals surface area contributed by atoms with Crippen molar-refractivity contribution in [3.8, 4) is 11.1 Å². The molecule has 0 saturated heterocycles. The zero-order valence-corrected chi connectivity index (χ0v) is 15.7. The first-order chi connectivity index (χ1) is 12.6. The molecular weight excluding hydrogens is 372 g/mol. The summed E-state index contributed by atoms with van der Waals surface area (Å²) < 4.78 is 13.3. The number of rotatable bonds is 6. The van der Waals surface area contributed by atoms with E-state index in [1.807, 2.05) is 37.3 Å². The lowest BCUT2D eigenvalue weighted by Gasteiger charge is -2.13. The second kappa shape index (κ2) is 8.39. The van der Waals surface area contributed by atoms with Gasteiger partial charge in [-0.15, -0.1) is 0 Å². The molecule has 2 aromatic carbocycles. The Hall–Kier alpha value is -2.30. The van der Waals surface area contributed by atoms with Gasteiger partial charge in [0.15, 0.2) is 0 Å². The zero-order valence-electron chi connectivity index (χ0n) is 14.2. The summed E-state index contributed by atoms with van der Waals surface area (Å²) in [4.78, 5) is 4.26. The maximum atomic E-state index is 13.3. The molecule has 1 aromatic heterocycles. The molecule has 26 heavy (non-hydrogen) atoms. The number of halogens is 3. The minimum atomic E-state index is -0.260. The van der Waals surface area contributed by atoms with E-state index in [0.717, 1.165) is 34.7 Å². The molecule has 0 radical (unpaired) electrons. The summed E-state index contributed by atoms with van der Waals surface area (Å²) in [6.45, 7) is 3.25. The molecule has 3 nitrogen and oxygen atoms in total. The molecule has 0 aliphatic carbocycles. The van der Waals surface area contributed by atoms with Crippen molar-refractivity contribution in [2.45, 2.75) is 13.5 Å². The first-order valence-electron chi connectivity index (χ1n) is 8.24. The second-order valence-electron chi connectivity index (χ2n) is 5.76. The van der Waals surface area contributed by atoms with Gasteiger partial charge in [-0.25, -0.2) is 9.37 Å². The Morgan fingerprint density at radius 2 is 1.85 bits per heavy atom. The van der Waals surface area contributed by atoms with Crippen molar-refractivity contribution in [3.63, 3.8) is 0 Å². The van der Waals surface area contributed by atoms with Crippen molar-refractivity contribution in [1.29, 1.82) is 0 Å². The van der Waals surface area contributed by atoms with Crippen LogP contribution in [-0.4, -0.2) is 11.5 Å². The Bertz CT molecular complexity index is 915. The fourth-order valence-corrected chi connectivity index (χ4v) is 3.01. The first kappa shape index (κ1) is 18.5. The van der Waals surface area contributed by atoms with Crippen molar-refractivity contribution < 1.29 is 4.39 Å². The summed E-state index contributed by atoms with van der Waals surface area (Å²) in [5, 5.41) is 7.57. The highest BCUT2D eigenvalue weighted by atomic mass is 35.5. The molecule has 0 spiro atoms. The van der Waals surface area contributed by atoms with Gasteiger partial charge in [-0.3, -0.25) is 0 Å². The van der Waals surface area contributed by atoms with Crippen LogP contribution in [0.25, 0.3) is 11.1 Å². The van der Waals surface area contributed by atoms with Gasteiger partial charge in [-0.2, -0.15) is 0 Å². The summed E-state index contributed by atoms with van der Waals surface area (Å²) in [7, 11) is 0. The Kier molecular flexibility index (Phi) is 5.96. The number of nitrogens with zero attached hydrogens (tertiary/aromatic N) is 1. The van der Waals surface area contributed by atoms with Gasteiger partial charge in [0.2, 0.25) is 0 Å². The number of pyridine rings is 1. The van der Waals surface area contributed by atoms with E-state index >= 15 is 0 Å². The Labute approximate surface area is 162 Å². The fraction of sp³-hybridized carbons (Fsp3) is 0.150. The average molecular weight is 390 g/mol. The first-order valence-corrected chi connectivity index (χ1v) is 9.00. The summed E-state index contributed by atoms with van der Waals surface area (Å²) in [6.07, 6.45) is 1.63. The standard InChI is InChI=1S/C20H18Cl2FN3/c1-2-24-20-10-16(18(22)12-26-20)14-6-7-17(21)19(9-14)25-11-13-4-3-5-15(23)8-13/h3-10,12,25H,2,11H2,1H3,(H,24,26). The van der Waals surface area contributed by atoms with Crippen LogP contribution in [0.1, 0.15) is 12.5 Å². The molecule has 0 bridgehead atoms. The van der Waals surface area contributed by atoms with Gasteiger partial charge < -0.3 is 10.6 Å². The lowest BCUT2D eigenvalue weighted by Crippen LogP contribution is -2.01. The van der Waals surface area contributed by atoms with E-state index in [2.05, 4.69) is 15.6 Å². The van der Waals surface area contributed by atoms with Crippen molar-refractivity contribution in [2.24, 2.45) is 0 Å². The van der Waals surface area contributed by atoms with Crippen LogP contribution >= 0.6 is 23.2 Å². The third-order valence-corrected chi connectivity index (χ3v) is 4.49. The fourth-order valence-electron chi connectivity index (χ4n) is 2.61. The van der Waals surface area contributed by atoms with Crippen LogP contribution in [0.3, 0.4) is 0 Å². The molecule has 0 fully saturated rings. The minimum Gasteiger partial charge on any atom is -0.380 e. The maximum absolute atomic E-state index is 13.3. The summed E-state index contributed by atoms with van der Waals surface area (Å²) in [5.41, 5.74) is 3.37. The van der Waals surface area contributed by atoms with Gasteiger partial charge in [0.1, 0.15) is 11.6 Å². The van der Waals surface area contributed by atoms with Crippen LogP contribution in [-0.2, 0) is 6.54 Å². The molecule has 1 heterocycles. The smallest absolute Gasteiger partial charge is 0.126 e. The normalized spacial score (nSPS) is 10.6. The molecule has 3 aromatic rings. The lowest BCUT2D eigenvalue weighted by molar-refractivity contribution is 0.626. The van der Waals surface area contributed by atoms with E-state index in [1.165, 1.54) is 12.1 Å². The molecule has 2 N–H and O–H groups in total. The Balaban J connectivity index is 1.87. The quantitative estimate of drug-likeness (QED) is 0.523. The summed E-state index contributed by atoms with van der Waals surface area (Å²) in [5.74, 6) is 0.500. The highest BCUT2D eigenvalue weighted by molar-refractivity contribution is 6.34. The largest absolute Gasteiger partial charge is 0.380 e. The van der Waals surface area contributed by atoms with Gasteiger partial charge in [0.25, 0.3) is 0 Å².